The average molecular weight is 199 g/mol. The van der Waals surface area contributed by atoms with Crippen molar-refractivity contribution in [3.05, 3.63) is 0 Å². The van der Waals surface area contributed by atoms with Crippen LogP contribution in [0, 0.1) is 11.3 Å². The fraction of sp³-hybridized carbons (Fsp3) is 0.900. The maximum Gasteiger partial charge on any atom is 0.185 e. The second-order valence-electron chi connectivity index (χ2n) is 4.66. The summed E-state index contributed by atoms with van der Waals surface area (Å²) in [7, 11) is -1.59. The fourth-order valence-corrected chi connectivity index (χ4v) is 2.82. The van der Waals surface area contributed by atoms with E-state index in [-0.39, 0.29) is 0 Å². The molecule has 2 nitrogen and oxygen atoms in total. The van der Waals surface area contributed by atoms with E-state index < -0.39 is 13.9 Å². The van der Waals surface area contributed by atoms with Crippen LogP contribution >= 0.6 is 0 Å². The lowest BCUT2D eigenvalue weighted by Crippen LogP contribution is -2.39. The standard InChI is InChI=1S/C10H21NOSi/c1-6-7-8-10(2,9-11)12-13(3,4)5/h6-8H2,1-5H3/t10-/m0/s1. The SMILES string of the molecule is CCCC[C@@](C)(C#N)O[Si](C)(C)C. The molecule has 0 N–H and O–H groups in total. The first kappa shape index (κ1) is 12.7. The van der Waals surface area contributed by atoms with Crippen LogP contribution in [0.2, 0.25) is 19.6 Å². The predicted molar refractivity (Wildman–Crippen MR) is 58.0 cm³/mol. The Bertz CT molecular complexity index is 192. The summed E-state index contributed by atoms with van der Waals surface area (Å²) in [6.07, 6.45) is 3.03. The Kier molecular flexibility index (Phi) is 4.66. The second kappa shape index (κ2) is 4.78. The molecule has 0 spiro atoms. The van der Waals surface area contributed by atoms with Crippen LogP contribution in [0.1, 0.15) is 33.1 Å². The van der Waals surface area contributed by atoms with Crippen molar-refractivity contribution in [2.24, 2.45) is 0 Å². The van der Waals surface area contributed by atoms with Gasteiger partial charge < -0.3 is 4.43 Å². The monoisotopic (exact) mass is 199 g/mol. The third kappa shape index (κ3) is 5.84. The molecule has 0 radical (unpaired) electrons. The summed E-state index contributed by atoms with van der Waals surface area (Å²) >= 11 is 0. The van der Waals surface area contributed by atoms with Crippen molar-refractivity contribution in [3.63, 3.8) is 0 Å². The van der Waals surface area contributed by atoms with Gasteiger partial charge in [0, 0.05) is 0 Å². The van der Waals surface area contributed by atoms with Gasteiger partial charge in [-0.25, -0.2) is 0 Å². The Morgan fingerprint density at radius 3 is 2.23 bits per heavy atom. The highest BCUT2D eigenvalue weighted by molar-refractivity contribution is 6.69. The number of rotatable bonds is 5. The van der Waals surface area contributed by atoms with E-state index in [2.05, 4.69) is 32.6 Å². The molecule has 76 valence electrons. The van der Waals surface area contributed by atoms with Gasteiger partial charge in [-0.15, -0.1) is 0 Å². The zero-order valence-corrected chi connectivity index (χ0v) is 10.5. The minimum atomic E-state index is -1.59. The maximum absolute atomic E-state index is 9.02. The Hall–Kier alpha value is -0.333. The quantitative estimate of drug-likeness (QED) is 0.636. The molecule has 3 heteroatoms. The Labute approximate surface area is 83.0 Å². The lowest BCUT2D eigenvalue weighted by atomic mass is 10.0. The van der Waals surface area contributed by atoms with Crippen molar-refractivity contribution in [1.82, 2.24) is 0 Å². The molecule has 0 aliphatic heterocycles. The van der Waals surface area contributed by atoms with E-state index in [4.69, 9.17) is 9.69 Å². The number of unbranched alkanes of at least 4 members (excludes halogenated alkanes) is 1. The molecule has 0 saturated heterocycles. The summed E-state index contributed by atoms with van der Waals surface area (Å²) < 4.78 is 5.85. The van der Waals surface area contributed by atoms with Gasteiger partial charge in [0.1, 0.15) is 5.60 Å². The van der Waals surface area contributed by atoms with Crippen LogP contribution in [0.5, 0.6) is 0 Å². The molecule has 0 fully saturated rings. The number of hydrogen-bond donors (Lipinski definition) is 0. The minimum absolute atomic E-state index is 0.555. The van der Waals surface area contributed by atoms with E-state index in [1.54, 1.807) is 0 Å². The smallest absolute Gasteiger partial charge is 0.185 e. The van der Waals surface area contributed by atoms with Crippen LogP contribution in [-0.2, 0) is 4.43 Å². The molecule has 0 aromatic heterocycles. The van der Waals surface area contributed by atoms with E-state index in [0.29, 0.717) is 0 Å². The molecular weight excluding hydrogens is 178 g/mol. The second-order valence-corrected chi connectivity index (χ2v) is 9.09. The summed E-state index contributed by atoms with van der Waals surface area (Å²) in [5.74, 6) is 0. The van der Waals surface area contributed by atoms with Gasteiger partial charge in [0.2, 0.25) is 0 Å². The lowest BCUT2D eigenvalue weighted by molar-refractivity contribution is 0.127. The molecule has 0 aliphatic rings. The zero-order valence-electron chi connectivity index (χ0n) is 9.48. The third-order valence-electron chi connectivity index (χ3n) is 1.78. The van der Waals surface area contributed by atoms with Gasteiger partial charge in [0.05, 0.1) is 6.07 Å². The summed E-state index contributed by atoms with van der Waals surface area (Å²) in [5.41, 5.74) is -0.555. The van der Waals surface area contributed by atoms with Crippen molar-refractivity contribution >= 4 is 8.32 Å². The molecule has 0 rings (SSSR count). The molecule has 0 unspecified atom stereocenters. The maximum atomic E-state index is 9.02. The molecule has 0 saturated carbocycles. The molecular formula is C10H21NOSi. The van der Waals surface area contributed by atoms with Crippen LogP contribution in [0.4, 0.5) is 0 Å². The molecule has 0 aliphatic carbocycles. The molecule has 13 heavy (non-hydrogen) atoms. The molecule has 0 aromatic rings. The van der Waals surface area contributed by atoms with E-state index >= 15 is 0 Å². The first-order chi connectivity index (χ1) is 5.83. The Balaban J connectivity index is 4.22. The molecule has 0 aromatic carbocycles. The highest BCUT2D eigenvalue weighted by atomic mass is 28.4. The van der Waals surface area contributed by atoms with E-state index in [9.17, 15) is 0 Å². The van der Waals surface area contributed by atoms with Crippen molar-refractivity contribution in [2.75, 3.05) is 0 Å². The van der Waals surface area contributed by atoms with E-state index in [0.717, 1.165) is 19.3 Å². The van der Waals surface area contributed by atoms with Gasteiger partial charge in [-0.1, -0.05) is 13.3 Å². The van der Waals surface area contributed by atoms with Gasteiger partial charge in [-0.3, -0.25) is 0 Å². The van der Waals surface area contributed by atoms with Gasteiger partial charge in [-0.2, -0.15) is 5.26 Å². The summed E-state index contributed by atoms with van der Waals surface area (Å²) in [4.78, 5) is 0. The van der Waals surface area contributed by atoms with Gasteiger partial charge in [-0.05, 0) is 39.4 Å². The highest BCUT2D eigenvalue weighted by Gasteiger charge is 2.30. The Morgan fingerprint density at radius 1 is 1.38 bits per heavy atom. The number of hydrogen-bond acceptors (Lipinski definition) is 2. The van der Waals surface area contributed by atoms with Crippen LogP contribution < -0.4 is 0 Å². The summed E-state index contributed by atoms with van der Waals surface area (Å²) in [5, 5.41) is 9.02. The van der Waals surface area contributed by atoms with Gasteiger partial charge in [0.25, 0.3) is 0 Å². The average Bonchev–Trinajstić information content (AvgIpc) is 1.98. The number of nitrogens with zero attached hydrogens (tertiary/aromatic N) is 1. The summed E-state index contributed by atoms with van der Waals surface area (Å²) in [6.45, 7) is 10.4. The van der Waals surface area contributed by atoms with E-state index in [1.165, 1.54) is 0 Å². The van der Waals surface area contributed by atoms with Crippen LogP contribution in [0.25, 0.3) is 0 Å². The first-order valence-corrected chi connectivity index (χ1v) is 8.35. The van der Waals surface area contributed by atoms with Crippen molar-refractivity contribution in [3.8, 4) is 6.07 Å². The van der Waals surface area contributed by atoms with Gasteiger partial charge in [0.15, 0.2) is 8.32 Å². The largest absolute Gasteiger partial charge is 0.400 e. The first-order valence-electron chi connectivity index (χ1n) is 4.94. The zero-order chi connectivity index (χ0) is 10.5. The summed E-state index contributed by atoms with van der Waals surface area (Å²) in [6, 6.07) is 2.28. The third-order valence-corrected chi connectivity index (χ3v) is 2.84. The fourth-order valence-electron chi connectivity index (χ4n) is 1.32. The van der Waals surface area contributed by atoms with Crippen LogP contribution in [-0.4, -0.2) is 13.9 Å². The normalized spacial score (nSPS) is 16.3. The molecule has 0 heterocycles. The van der Waals surface area contributed by atoms with E-state index in [1.807, 2.05) is 6.92 Å². The molecule has 0 bridgehead atoms. The van der Waals surface area contributed by atoms with Crippen LogP contribution in [0.3, 0.4) is 0 Å². The minimum Gasteiger partial charge on any atom is -0.400 e. The van der Waals surface area contributed by atoms with Crippen molar-refractivity contribution < 1.29 is 4.43 Å². The topological polar surface area (TPSA) is 33.0 Å². The number of nitriles is 1. The highest BCUT2D eigenvalue weighted by Crippen LogP contribution is 2.22. The van der Waals surface area contributed by atoms with Gasteiger partial charge >= 0.3 is 0 Å². The van der Waals surface area contributed by atoms with Crippen molar-refractivity contribution in [1.29, 1.82) is 5.26 Å². The molecule has 1 atom stereocenters. The van der Waals surface area contributed by atoms with Crippen LogP contribution in [0.15, 0.2) is 0 Å². The Morgan fingerprint density at radius 2 is 1.92 bits per heavy atom. The molecule has 0 amide bonds. The predicted octanol–water partition coefficient (Wildman–Crippen LogP) is 3.31. The van der Waals surface area contributed by atoms with Crippen molar-refractivity contribution in [2.45, 2.75) is 58.4 Å². The lowest BCUT2D eigenvalue weighted by Gasteiger charge is -2.30.